The summed E-state index contributed by atoms with van der Waals surface area (Å²) < 4.78 is 0. The molecule has 0 atom stereocenters. The standard InChI is InChI=1S/C39H46BN/c1-6-9-14-28-19-23-31(24-20-28)41-35-25-21-29(15-10-7-2)27-34(35)40-33-18-13-12-17-32(33)39(4,5)37-30(16-11-8-3)22-26-36(41)38(37)40/h12-13,17-27H,6-11,14-16H2,1-5H3. The van der Waals surface area contributed by atoms with Gasteiger partial charge < -0.3 is 4.90 Å². The third kappa shape index (κ3) is 4.84. The van der Waals surface area contributed by atoms with Gasteiger partial charge in [-0.3, -0.25) is 0 Å². The van der Waals surface area contributed by atoms with Crippen LogP contribution >= 0.6 is 0 Å². The number of anilines is 3. The predicted octanol–water partition coefficient (Wildman–Crippen LogP) is 8.65. The molecule has 0 saturated carbocycles. The highest BCUT2D eigenvalue weighted by atomic mass is 15.1. The minimum atomic E-state index is -0.0471. The van der Waals surface area contributed by atoms with E-state index >= 15 is 0 Å². The van der Waals surface area contributed by atoms with Gasteiger partial charge in [0.25, 0.3) is 0 Å². The third-order valence-electron chi connectivity index (χ3n) is 9.68. The van der Waals surface area contributed by atoms with Gasteiger partial charge >= 0.3 is 0 Å². The molecule has 0 radical (unpaired) electrons. The van der Waals surface area contributed by atoms with E-state index in [0.29, 0.717) is 0 Å². The van der Waals surface area contributed by atoms with Gasteiger partial charge in [-0.15, -0.1) is 0 Å². The van der Waals surface area contributed by atoms with Gasteiger partial charge in [0, 0.05) is 22.5 Å². The SMILES string of the molecule is CCCCc1ccc(N2c3ccc(CCCC)cc3B3c4ccccc4C(C)(C)c4c(CCCC)ccc2c43)cc1. The Morgan fingerprint density at radius 2 is 1.27 bits per heavy atom. The molecule has 0 N–H and O–H groups in total. The molecule has 0 amide bonds. The number of unbranched alkanes of at least 4 members (excludes halogenated alkanes) is 3. The van der Waals surface area contributed by atoms with E-state index in [-0.39, 0.29) is 12.1 Å². The van der Waals surface area contributed by atoms with E-state index < -0.39 is 0 Å². The van der Waals surface area contributed by atoms with Crippen molar-refractivity contribution in [3.8, 4) is 0 Å². The fourth-order valence-electron chi connectivity index (χ4n) is 7.56. The first-order valence-corrected chi connectivity index (χ1v) is 16.3. The first-order chi connectivity index (χ1) is 20.0. The zero-order valence-corrected chi connectivity index (χ0v) is 25.9. The van der Waals surface area contributed by atoms with Crippen molar-refractivity contribution in [2.45, 2.75) is 97.8 Å². The van der Waals surface area contributed by atoms with Crippen molar-refractivity contribution in [2.75, 3.05) is 4.90 Å². The second-order valence-electron chi connectivity index (χ2n) is 12.9. The summed E-state index contributed by atoms with van der Waals surface area (Å²) >= 11 is 0. The lowest BCUT2D eigenvalue weighted by atomic mass is 9.30. The van der Waals surface area contributed by atoms with Gasteiger partial charge in [0.05, 0.1) is 0 Å². The number of rotatable bonds is 10. The topological polar surface area (TPSA) is 3.24 Å². The maximum atomic E-state index is 2.57. The van der Waals surface area contributed by atoms with Crippen LogP contribution in [-0.2, 0) is 24.7 Å². The molecule has 2 aliphatic heterocycles. The molecule has 4 aromatic rings. The monoisotopic (exact) mass is 539 g/mol. The summed E-state index contributed by atoms with van der Waals surface area (Å²) in [5.74, 6) is 0. The normalized spacial score (nSPS) is 14.5. The van der Waals surface area contributed by atoms with Crippen molar-refractivity contribution in [1.82, 2.24) is 0 Å². The van der Waals surface area contributed by atoms with E-state index in [0.717, 1.165) is 19.3 Å². The largest absolute Gasteiger partial charge is 0.312 e. The van der Waals surface area contributed by atoms with Gasteiger partial charge in [-0.25, -0.2) is 0 Å². The quantitative estimate of drug-likeness (QED) is 0.161. The van der Waals surface area contributed by atoms with E-state index in [2.05, 4.69) is 118 Å². The maximum absolute atomic E-state index is 2.57. The van der Waals surface area contributed by atoms with E-state index in [4.69, 9.17) is 0 Å². The average Bonchev–Trinajstić information content (AvgIpc) is 3.00. The smallest absolute Gasteiger partial charge is 0.247 e. The van der Waals surface area contributed by atoms with Crippen LogP contribution in [0.4, 0.5) is 17.1 Å². The molecule has 0 unspecified atom stereocenters. The zero-order chi connectivity index (χ0) is 28.6. The van der Waals surface area contributed by atoms with E-state index in [1.807, 2.05) is 0 Å². The van der Waals surface area contributed by atoms with E-state index in [9.17, 15) is 0 Å². The first-order valence-electron chi connectivity index (χ1n) is 16.3. The highest BCUT2D eigenvalue weighted by molar-refractivity contribution is 6.99. The fraction of sp³-hybridized carbons (Fsp3) is 0.385. The Bertz CT molecular complexity index is 1530. The van der Waals surface area contributed by atoms with E-state index in [1.165, 1.54) is 94.2 Å². The Kier molecular flexibility index (Phi) is 7.86. The second kappa shape index (κ2) is 11.6. The van der Waals surface area contributed by atoms with Crippen LogP contribution in [0.2, 0.25) is 0 Å². The Morgan fingerprint density at radius 1 is 0.634 bits per heavy atom. The molecule has 0 fully saturated rings. The average molecular weight is 540 g/mol. The molecule has 0 aromatic heterocycles. The number of nitrogens with zero attached hydrogens (tertiary/aromatic N) is 1. The number of aryl methyl sites for hydroxylation is 3. The minimum Gasteiger partial charge on any atom is -0.312 e. The molecular weight excluding hydrogens is 493 g/mol. The highest BCUT2D eigenvalue weighted by Crippen LogP contribution is 2.44. The molecule has 2 aliphatic rings. The number of fused-ring (bicyclic) bond motifs is 4. The van der Waals surface area contributed by atoms with Crippen molar-refractivity contribution in [2.24, 2.45) is 0 Å². The van der Waals surface area contributed by atoms with Crippen LogP contribution in [0.15, 0.2) is 78.9 Å². The number of hydrogen-bond acceptors (Lipinski definition) is 1. The molecule has 0 aliphatic carbocycles. The van der Waals surface area contributed by atoms with Gasteiger partial charge in [0.1, 0.15) is 0 Å². The summed E-state index contributed by atoms with van der Waals surface area (Å²) in [4.78, 5) is 2.57. The van der Waals surface area contributed by atoms with Gasteiger partial charge in [-0.2, -0.15) is 0 Å². The fourth-order valence-corrected chi connectivity index (χ4v) is 7.56. The molecule has 210 valence electrons. The zero-order valence-electron chi connectivity index (χ0n) is 25.9. The molecule has 4 aromatic carbocycles. The highest BCUT2D eigenvalue weighted by Gasteiger charge is 2.46. The summed E-state index contributed by atoms with van der Waals surface area (Å²) in [6.45, 7) is 12.1. The van der Waals surface area contributed by atoms with Crippen LogP contribution in [0.25, 0.3) is 0 Å². The molecule has 0 saturated heterocycles. The molecule has 2 heteroatoms. The van der Waals surface area contributed by atoms with Gasteiger partial charge in [-0.1, -0.05) is 114 Å². The van der Waals surface area contributed by atoms with Crippen molar-refractivity contribution >= 4 is 40.2 Å². The predicted molar refractivity (Wildman–Crippen MR) is 180 cm³/mol. The minimum absolute atomic E-state index is 0.0471. The summed E-state index contributed by atoms with van der Waals surface area (Å²) in [5, 5.41) is 0. The molecule has 41 heavy (non-hydrogen) atoms. The lowest BCUT2D eigenvalue weighted by molar-refractivity contribution is 0.631. The molecule has 2 heterocycles. The molecule has 1 nitrogen and oxygen atoms in total. The Morgan fingerprint density at radius 3 is 2.00 bits per heavy atom. The Hall–Kier alpha value is -3.26. The Balaban J connectivity index is 1.62. The van der Waals surface area contributed by atoms with Crippen molar-refractivity contribution in [1.29, 1.82) is 0 Å². The summed E-state index contributed by atoms with van der Waals surface area (Å²) in [7, 11) is 0. The van der Waals surface area contributed by atoms with Crippen LogP contribution in [0, 0.1) is 0 Å². The van der Waals surface area contributed by atoms with Gasteiger partial charge in [0.2, 0.25) is 6.71 Å². The Labute approximate surface area is 249 Å². The lowest BCUT2D eigenvalue weighted by Gasteiger charge is -2.46. The third-order valence-corrected chi connectivity index (χ3v) is 9.68. The summed E-state index contributed by atoms with van der Waals surface area (Å²) in [6, 6.07) is 31.0. The van der Waals surface area contributed by atoms with Crippen LogP contribution in [0.5, 0.6) is 0 Å². The van der Waals surface area contributed by atoms with Crippen LogP contribution in [0.3, 0.4) is 0 Å². The van der Waals surface area contributed by atoms with E-state index in [1.54, 1.807) is 5.56 Å². The summed E-state index contributed by atoms with van der Waals surface area (Å²) in [5.41, 5.74) is 15.9. The van der Waals surface area contributed by atoms with Crippen LogP contribution in [-0.4, -0.2) is 6.71 Å². The van der Waals surface area contributed by atoms with Crippen molar-refractivity contribution in [3.63, 3.8) is 0 Å². The summed E-state index contributed by atoms with van der Waals surface area (Å²) in [6.07, 6.45) is 10.8. The molecule has 0 bridgehead atoms. The van der Waals surface area contributed by atoms with Gasteiger partial charge in [-0.05, 0) is 102 Å². The van der Waals surface area contributed by atoms with Crippen LogP contribution in [0.1, 0.15) is 101 Å². The van der Waals surface area contributed by atoms with Crippen molar-refractivity contribution < 1.29 is 0 Å². The van der Waals surface area contributed by atoms with Crippen LogP contribution < -0.4 is 21.3 Å². The maximum Gasteiger partial charge on any atom is 0.247 e. The number of benzene rings is 4. The second-order valence-corrected chi connectivity index (χ2v) is 12.9. The lowest BCUT2D eigenvalue weighted by Crippen LogP contribution is -2.64. The van der Waals surface area contributed by atoms with Crippen molar-refractivity contribution in [3.05, 3.63) is 107 Å². The number of hydrogen-bond donors (Lipinski definition) is 0. The first kappa shape index (κ1) is 27.9. The molecule has 0 spiro atoms. The van der Waals surface area contributed by atoms with Gasteiger partial charge in [0.15, 0.2) is 0 Å². The molecule has 6 rings (SSSR count). The molecular formula is C39H46BN.